The Bertz CT molecular complexity index is 227. The minimum Gasteiger partial charge on any atom is -0.444 e. The van der Waals surface area contributed by atoms with E-state index in [-0.39, 0.29) is 0 Å². The molecule has 1 amide bonds. The molecule has 1 unspecified atom stereocenters. The molecule has 0 spiro atoms. The lowest BCUT2D eigenvalue weighted by atomic mass is 10.2. The third kappa shape index (κ3) is 8.40. The number of amides is 1. The summed E-state index contributed by atoms with van der Waals surface area (Å²) < 4.78 is 9.77. The summed E-state index contributed by atoms with van der Waals surface area (Å²) in [5, 5.41) is 2.48. The predicted octanol–water partition coefficient (Wildman–Crippen LogP) is 1.76. The molecule has 0 aromatic carbocycles. The van der Waals surface area contributed by atoms with Crippen LogP contribution >= 0.6 is 11.8 Å². The number of alkyl carbamates (subject to hydrolysis) is 1. The molecule has 0 aromatic rings. The molecule has 1 atom stereocenters. The van der Waals surface area contributed by atoms with Gasteiger partial charge in [0.2, 0.25) is 0 Å². The fourth-order valence-corrected chi connectivity index (χ4v) is 1.35. The van der Waals surface area contributed by atoms with E-state index in [0.717, 1.165) is 5.75 Å². The lowest BCUT2D eigenvalue weighted by Crippen LogP contribution is -2.40. The van der Waals surface area contributed by atoms with E-state index in [1.54, 1.807) is 32.5 Å². The van der Waals surface area contributed by atoms with Crippen LogP contribution in [0, 0.1) is 0 Å². The van der Waals surface area contributed by atoms with Crippen molar-refractivity contribution in [2.75, 3.05) is 12.0 Å². The van der Waals surface area contributed by atoms with E-state index >= 15 is 0 Å². The van der Waals surface area contributed by atoms with Crippen molar-refractivity contribution in [3.8, 4) is 0 Å². The number of nitrogens with one attached hydrogen (secondary N) is 1. The second-order valence-corrected chi connectivity index (χ2v) is 5.13. The number of rotatable bonds is 6. The van der Waals surface area contributed by atoms with E-state index in [9.17, 15) is 9.59 Å². The number of hydrogen-bond donors (Lipinski definition) is 1. The van der Waals surface area contributed by atoms with Gasteiger partial charge in [0.1, 0.15) is 5.60 Å². The van der Waals surface area contributed by atoms with Gasteiger partial charge in [-0.15, -0.1) is 0 Å². The second kappa shape index (κ2) is 7.38. The normalized spacial score (nSPS) is 12.8. The van der Waals surface area contributed by atoms with Gasteiger partial charge in [-0.2, -0.15) is 11.8 Å². The minimum atomic E-state index is -0.625. The summed E-state index contributed by atoms with van der Waals surface area (Å²) in [5.41, 5.74) is -0.560. The Morgan fingerprint density at radius 1 is 1.50 bits per heavy atom. The minimum absolute atomic E-state index is 0.322. The highest BCUT2D eigenvalue weighted by Crippen LogP contribution is 2.08. The molecule has 5 nitrogen and oxygen atoms in total. The van der Waals surface area contributed by atoms with Gasteiger partial charge in [0, 0.05) is 6.42 Å². The largest absolute Gasteiger partial charge is 0.444 e. The molecular formula is C10H19NO4S. The summed E-state index contributed by atoms with van der Waals surface area (Å²) >= 11 is 1.61. The molecule has 0 heterocycles. The summed E-state index contributed by atoms with van der Waals surface area (Å²) in [6.45, 7) is 5.63. The molecule has 0 saturated carbocycles. The number of carbonyl (C=O) groups is 2. The van der Waals surface area contributed by atoms with Crippen molar-refractivity contribution >= 4 is 24.3 Å². The molecule has 0 saturated heterocycles. The first kappa shape index (κ1) is 15.1. The van der Waals surface area contributed by atoms with Crippen LogP contribution in [0.4, 0.5) is 4.79 Å². The molecule has 0 aliphatic heterocycles. The smallest absolute Gasteiger partial charge is 0.410 e. The lowest BCUT2D eigenvalue weighted by Gasteiger charge is -2.22. The molecule has 94 valence electrons. The first-order valence-electron chi connectivity index (χ1n) is 4.96. The van der Waals surface area contributed by atoms with Crippen LogP contribution in [0.25, 0.3) is 0 Å². The Balaban J connectivity index is 4.06. The van der Waals surface area contributed by atoms with Crippen molar-refractivity contribution in [2.45, 2.75) is 39.0 Å². The van der Waals surface area contributed by atoms with Gasteiger partial charge in [-0.1, -0.05) is 0 Å². The van der Waals surface area contributed by atoms with Crippen LogP contribution in [0.2, 0.25) is 0 Å². The summed E-state index contributed by atoms with van der Waals surface area (Å²) in [4.78, 5) is 21.6. The van der Waals surface area contributed by atoms with E-state index < -0.39 is 17.9 Å². The van der Waals surface area contributed by atoms with Crippen molar-refractivity contribution in [1.82, 2.24) is 5.32 Å². The zero-order valence-corrected chi connectivity index (χ0v) is 10.9. The number of hydrogen-bond acceptors (Lipinski definition) is 5. The summed E-state index contributed by atoms with van der Waals surface area (Å²) in [6.07, 6.45) is 1.28. The number of carbonyl (C=O) groups excluding carboxylic acids is 2. The van der Waals surface area contributed by atoms with Crippen LogP contribution in [0.1, 0.15) is 27.2 Å². The van der Waals surface area contributed by atoms with E-state index in [1.807, 2.05) is 6.26 Å². The fourth-order valence-electron chi connectivity index (χ4n) is 0.905. The fraction of sp³-hybridized carbons (Fsp3) is 0.800. The highest BCUT2D eigenvalue weighted by molar-refractivity contribution is 7.98. The number of ether oxygens (including phenoxy) is 2. The quantitative estimate of drug-likeness (QED) is 0.574. The van der Waals surface area contributed by atoms with Gasteiger partial charge in [-0.25, -0.2) is 4.79 Å². The zero-order chi connectivity index (χ0) is 12.6. The van der Waals surface area contributed by atoms with Crippen LogP contribution in [-0.2, 0) is 14.3 Å². The molecule has 0 aliphatic rings. The number of thioether (sulfide) groups is 1. The third-order valence-electron chi connectivity index (χ3n) is 1.48. The molecule has 0 bridgehead atoms. The Labute approximate surface area is 100 Å². The molecule has 0 aromatic heterocycles. The molecule has 0 rings (SSSR count). The van der Waals surface area contributed by atoms with Crippen LogP contribution < -0.4 is 5.32 Å². The summed E-state index contributed by atoms with van der Waals surface area (Å²) in [7, 11) is 0. The lowest BCUT2D eigenvalue weighted by molar-refractivity contribution is -0.134. The van der Waals surface area contributed by atoms with E-state index in [1.165, 1.54) is 0 Å². The molecule has 1 N–H and O–H groups in total. The van der Waals surface area contributed by atoms with Crippen molar-refractivity contribution in [1.29, 1.82) is 0 Å². The molecule has 0 fully saturated rings. The van der Waals surface area contributed by atoms with Crippen LogP contribution in [-0.4, -0.2) is 36.4 Å². The van der Waals surface area contributed by atoms with Crippen LogP contribution in [0.15, 0.2) is 0 Å². The van der Waals surface area contributed by atoms with E-state index in [4.69, 9.17) is 9.47 Å². The molecule has 0 aliphatic carbocycles. The molecule has 16 heavy (non-hydrogen) atoms. The molecular weight excluding hydrogens is 230 g/mol. The van der Waals surface area contributed by atoms with Crippen molar-refractivity contribution in [3.63, 3.8) is 0 Å². The van der Waals surface area contributed by atoms with Gasteiger partial charge in [-0.3, -0.25) is 10.1 Å². The van der Waals surface area contributed by atoms with Gasteiger partial charge >= 0.3 is 6.09 Å². The summed E-state index contributed by atoms with van der Waals surface area (Å²) in [6, 6.07) is 0. The van der Waals surface area contributed by atoms with Gasteiger partial charge in [0.15, 0.2) is 6.23 Å². The predicted molar refractivity (Wildman–Crippen MR) is 63.3 cm³/mol. The Hall–Kier alpha value is -0.910. The van der Waals surface area contributed by atoms with Crippen LogP contribution in [0.5, 0.6) is 0 Å². The van der Waals surface area contributed by atoms with Gasteiger partial charge in [0.05, 0.1) is 0 Å². The maximum absolute atomic E-state index is 11.4. The van der Waals surface area contributed by atoms with Crippen molar-refractivity contribution in [3.05, 3.63) is 0 Å². The van der Waals surface area contributed by atoms with Gasteiger partial charge in [-0.05, 0) is 32.8 Å². The maximum atomic E-state index is 11.4. The Morgan fingerprint density at radius 2 is 2.12 bits per heavy atom. The van der Waals surface area contributed by atoms with Gasteiger partial charge < -0.3 is 9.47 Å². The van der Waals surface area contributed by atoms with E-state index in [0.29, 0.717) is 12.9 Å². The molecule has 0 radical (unpaired) electrons. The average molecular weight is 249 g/mol. The zero-order valence-electron chi connectivity index (χ0n) is 10.1. The first-order chi connectivity index (χ1) is 7.39. The average Bonchev–Trinajstić information content (AvgIpc) is 2.11. The van der Waals surface area contributed by atoms with E-state index in [2.05, 4.69) is 5.32 Å². The van der Waals surface area contributed by atoms with Crippen molar-refractivity contribution in [2.24, 2.45) is 0 Å². The van der Waals surface area contributed by atoms with Crippen molar-refractivity contribution < 1.29 is 19.1 Å². The third-order valence-corrected chi connectivity index (χ3v) is 2.13. The molecule has 6 heteroatoms. The van der Waals surface area contributed by atoms with Gasteiger partial charge in [0.25, 0.3) is 6.47 Å². The highest BCUT2D eigenvalue weighted by atomic mass is 32.2. The topological polar surface area (TPSA) is 64.6 Å². The second-order valence-electron chi connectivity index (χ2n) is 4.15. The Kier molecular flexibility index (Phi) is 6.96. The Morgan fingerprint density at radius 3 is 2.56 bits per heavy atom. The van der Waals surface area contributed by atoms with Crippen LogP contribution in [0.3, 0.4) is 0 Å². The SMILES string of the molecule is CSCCC(NC(=O)OC(C)(C)C)OC=O. The maximum Gasteiger partial charge on any atom is 0.410 e. The first-order valence-corrected chi connectivity index (χ1v) is 6.36. The monoisotopic (exact) mass is 249 g/mol. The highest BCUT2D eigenvalue weighted by Gasteiger charge is 2.19. The standard InChI is InChI=1S/C10H19NO4S/c1-10(2,3)15-9(13)11-8(14-7-12)5-6-16-4/h7-8H,5-6H2,1-4H3,(H,11,13). The summed E-state index contributed by atoms with van der Waals surface area (Å²) in [5.74, 6) is 0.786.